The van der Waals surface area contributed by atoms with Gasteiger partial charge in [-0.2, -0.15) is 0 Å². The van der Waals surface area contributed by atoms with Gasteiger partial charge in [-0.15, -0.1) is 0 Å². The molecule has 0 bridgehead atoms. The maximum atomic E-state index is 9.45. The zero-order valence-electron chi connectivity index (χ0n) is 18.1. The van der Waals surface area contributed by atoms with Gasteiger partial charge in [0, 0.05) is 36.7 Å². The van der Waals surface area contributed by atoms with Crippen molar-refractivity contribution >= 4 is 18.3 Å². The van der Waals surface area contributed by atoms with Crippen molar-refractivity contribution in [2.75, 3.05) is 32.8 Å². The monoisotopic (exact) mass is 431 g/mol. The lowest BCUT2D eigenvalue weighted by Gasteiger charge is -2.46. The van der Waals surface area contributed by atoms with E-state index in [0.29, 0.717) is 12.1 Å². The lowest BCUT2D eigenvalue weighted by atomic mass is 9.96. The highest BCUT2D eigenvalue weighted by atomic mass is 35.5. The summed E-state index contributed by atoms with van der Waals surface area (Å²) in [5.74, 6) is 0.851. The molecule has 30 heavy (non-hydrogen) atoms. The maximum Gasteiger partial charge on any atom is 0.128 e. The predicted octanol–water partition coefficient (Wildman–Crippen LogP) is 3.92. The standard InChI is InChI=1S/C24H34ClN3O2/c1-4-19(16-29)14-24(26-3)27-11-9-22(10-12-27)28-15-18(2)30-17-23(28)13-20-5-7-21(25)8-6-20/h4-8,14,18,22-23,29H,3,9-13,15-17H2,1-2H3/b19-4+,24-14+/t18-,23-/m0/s1. The largest absolute Gasteiger partial charge is 0.392 e. The van der Waals surface area contributed by atoms with Crippen LogP contribution in [0, 0.1) is 0 Å². The summed E-state index contributed by atoms with van der Waals surface area (Å²) in [4.78, 5) is 9.16. The van der Waals surface area contributed by atoms with Crippen molar-refractivity contribution in [3.05, 3.63) is 58.4 Å². The summed E-state index contributed by atoms with van der Waals surface area (Å²) in [5, 5.41) is 10.2. The molecule has 0 amide bonds. The first-order valence-electron chi connectivity index (χ1n) is 10.8. The van der Waals surface area contributed by atoms with E-state index in [1.165, 1.54) is 5.56 Å². The number of aliphatic imine (C=N–C) groups is 1. The third-order valence-corrected chi connectivity index (χ3v) is 6.43. The number of piperidine rings is 1. The van der Waals surface area contributed by atoms with Gasteiger partial charge >= 0.3 is 0 Å². The van der Waals surface area contributed by atoms with Crippen LogP contribution in [0.4, 0.5) is 0 Å². The number of likely N-dealkylation sites (tertiary alicyclic amines) is 1. The average molecular weight is 432 g/mol. The summed E-state index contributed by atoms with van der Waals surface area (Å²) >= 11 is 6.05. The molecule has 1 N–H and O–H groups in total. The fraction of sp³-hybridized carbons (Fsp3) is 0.542. The number of morpholine rings is 1. The van der Waals surface area contributed by atoms with Crippen molar-refractivity contribution in [3.8, 4) is 0 Å². The Morgan fingerprint density at radius 3 is 2.60 bits per heavy atom. The van der Waals surface area contributed by atoms with Gasteiger partial charge in [0.2, 0.25) is 0 Å². The summed E-state index contributed by atoms with van der Waals surface area (Å²) in [7, 11) is 0. The SMILES string of the molecule is C=N/C(=C\C(=C/C)CO)N1CCC(N2C[C@H](C)OC[C@@H]2Cc2ccc(Cl)cc2)CC1. The number of rotatable bonds is 7. The van der Waals surface area contributed by atoms with Gasteiger partial charge in [0.25, 0.3) is 0 Å². The minimum Gasteiger partial charge on any atom is -0.392 e. The van der Waals surface area contributed by atoms with Crippen LogP contribution in [0.3, 0.4) is 0 Å². The normalized spacial score (nSPS) is 24.9. The number of hydrogen-bond donors (Lipinski definition) is 1. The van der Waals surface area contributed by atoms with Gasteiger partial charge in [-0.3, -0.25) is 4.90 Å². The molecule has 1 aromatic rings. The molecule has 2 saturated heterocycles. The summed E-state index contributed by atoms with van der Waals surface area (Å²) in [6, 6.07) is 9.09. The van der Waals surface area contributed by atoms with E-state index < -0.39 is 0 Å². The Morgan fingerprint density at radius 1 is 1.30 bits per heavy atom. The Labute approximate surface area is 185 Å². The van der Waals surface area contributed by atoms with Crippen LogP contribution in [-0.2, 0) is 11.2 Å². The predicted molar refractivity (Wildman–Crippen MR) is 124 cm³/mol. The number of ether oxygens (including phenoxy) is 1. The molecule has 1 aromatic carbocycles. The second kappa shape index (κ2) is 11.1. The maximum absolute atomic E-state index is 9.45. The van der Waals surface area contributed by atoms with Gasteiger partial charge < -0.3 is 14.7 Å². The van der Waals surface area contributed by atoms with Gasteiger partial charge in [-0.25, -0.2) is 4.99 Å². The zero-order chi connectivity index (χ0) is 21.5. The molecule has 0 aromatic heterocycles. The van der Waals surface area contributed by atoms with E-state index in [1.54, 1.807) is 0 Å². The zero-order valence-corrected chi connectivity index (χ0v) is 18.9. The van der Waals surface area contributed by atoms with E-state index in [0.717, 1.165) is 61.9 Å². The molecule has 6 heteroatoms. The van der Waals surface area contributed by atoms with Crippen LogP contribution in [0.1, 0.15) is 32.3 Å². The Kier molecular flexibility index (Phi) is 8.51. The number of hydrogen-bond acceptors (Lipinski definition) is 5. The van der Waals surface area contributed by atoms with Crippen molar-refractivity contribution in [1.82, 2.24) is 9.80 Å². The van der Waals surface area contributed by atoms with Crippen LogP contribution < -0.4 is 0 Å². The molecule has 2 atom stereocenters. The van der Waals surface area contributed by atoms with Crippen molar-refractivity contribution < 1.29 is 9.84 Å². The number of benzene rings is 1. The molecule has 0 spiro atoms. The van der Waals surface area contributed by atoms with Crippen molar-refractivity contribution in [3.63, 3.8) is 0 Å². The van der Waals surface area contributed by atoms with Crippen LogP contribution >= 0.6 is 11.6 Å². The molecule has 2 heterocycles. The summed E-state index contributed by atoms with van der Waals surface area (Å²) in [6.07, 6.45) is 7.26. The van der Waals surface area contributed by atoms with Crippen LogP contribution in [-0.4, -0.2) is 72.7 Å². The fourth-order valence-electron chi connectivity index (χ4n) is 4.44. The highest BCUT2D eigenvalue weighted by Gasteiger charge is 2.34. The van der Waals surface area contributed by atoms with Crippen LogP contribution in [0.15, 0.2) is 52.8 Å². The smallest absolute Gasteiger partial charge is 0.128 e. The van der Waals surface area contributed by atoms with E-state index in [9.17, 15) is 5.11 Å². The number of aliphatic hydroxyl groups is 1. The van der Waals surface area contributed by atoms with Gasteiger partial charge in [0.05, 0.1) is 19.3 Å². The van der Waals surface area contributed by atoms with Crippen LogP contribution in [0.5, 0.6) is 0 Å². The number of aliphatic hydroxyl groups excluding tert-OH is 1. The molecule has 5 nitrogen and oxygen atoms in total. The molecule has 0 aliphatic carbocycles. The second-order valence-electron chi connectivity index (χ2n) is 8.23. The minimum atomic E-state index is 0.0179. The molecular weight excluding hydrogens is 398 g/mol. The molecule has 3 rings (SSSR count). The van der Waals surface area contributed by atoms with Crippen molar-refractivity contribution in [1.29, 1.82) is 0 Å². The fourth-order valence-corrected chi connectivity index (χ4v) is 4.56. The highest BCUT2D eigenvalue weighted by Crippen LogP contribution is 2.27. The van der Waals surface area contributed by atoms with E-state index in [1.807, 2.05) is 31.2 Å². The van der Waals surface area contributed by atoms with Crippen LogP contribution in [0.2, 0.25) is 5.02 Å². The molecule has 0 unspecified atom stereocenters. The summed E-state index contributed by atoms with van der Waals surface area (Å²) < 4.78 is 6.01. The lowest BCUT2D eigenvalue weighted by Crippen LogP contribution is -2.56. The van der Waals surface area contributed by atoms with Gasteiger partial charge in [-0.1, -0.05) is 29.8 Å². The third kappa shape index (κ3) is 5.94. The average Bonchev–Trinajstić information content (AvgIpc) is 2.78. The number of allylic oxidation sites excluding steroid dienone is 1. The molecule has 2 aliphatic heterocycles. The third-order valence-electron chi connectivity index (χ3n) is 6.18. The quantitative estimate of drug-likeness (QED) is 0.525. The molecular formula is C24H34ClN3O2. The van der Waals surface area contributed by atoms with E-state index in [2.05, 4.69) is 40.6 Å². The van der Waals surface area contributed by atoms with Crippen molar-refractivity contribution in [2.45, 2.75) is 51.3 Å². The molecule has 2 aliphatic rings. The van der Waals surface area contributed by atoms with Gasteiger partial charge in [0.1, 0.15) is 5.82 Å². The molecule has 0 saturated carbocycles. The van der Waals surface area contributed by atoms with E-state index in [4.69, 9.17) is 16.3 Å². The minimum absolute atomic E-state index is 0.0179. The highest BCUT2D eigenvalue weighted by molar-refractivity contribution is 6.30. The first-order chi connectivity index (χ1) is 14.5. The van der Waals surface area contributed by atoms with E-state index >= 15 is 0 Å². The summed E-state index contributed by atoms with van der Waals surface area (Å²) in [5.41, 5.74) is 2.17. The molecule has 0 radical (unpaired) electrons. The van der Waals surface area contributed by atoms with Gasteiger partial charge in [0.15, 0.2) is 0 Å². The Bertz CT molecular complexity index is 754. The van der Waals surface area contributed by atoms with Gasteiger partial charge in [-0.05, 0) is 69.2 Å². The lowest BCUT2D eigenvalue weighted by molar-refractivity contribution is -0.0785. The molecule has 164 valence electrons. The number of halogens is 1. The Morgan fingerprint density at radius 2 is 2.00 bits per heavy atom. The summed E-state index contributed by atoms with van der Waals surface area (Å²) in [6.45, 7) is 11.5. The Balaban J connectivity index is 1.65. The topological polar surface area (TPSA) is 48.3 Å². The molecule has 2 fully saturated rings. The van der Waals surface area contributed by atoms with E-state index in [-0.39, 0.29) is 12.7 Å². The second-order valence-corrected chi connectivity index (χ2v) is 8.66. The van der Waals surface area contributed by atoms with Crippen molar-refractivity contribution in [2.24, 2.45) is 4.99 Å². The Hall–Kier alpha value is -1.66. The van der Waals surface area contributed by atoms with Crippen LogP contribution in [0.25, 0.3) is 0 Å². The first-order valence-corrected chi connectivity index (χ1v) is 11.2. The first kappa shape index (κ1) is 23.0. The number of nitrogens with zero attached hydrogens (tertiary/aromatic N) is 3.